The Hall–Kier alpha value is -1.04. The molecular weight excluding hydrogens is 236 g/mol. The van der Waals surface area contributed by atoms with E-state index in [0.29, 0.717) is 13.0 Å². The van der Waals surface area contributed by atoms with E-state index in [0.717, 1.165) is 17.8 Å². The molecule has 4 rings (SSSR count). The lowest BCUT2D eigenvalue weighted by atomic mass is 9.46. The van der Waals surface area contributed by atoms with Crippen molar-refractivity contribution in [2.24, 2.45) is 29.1 Å². The third kappa shape index (κ3) is 2.26. The fourth-order valence-corrected chi connectivity index (χ4v) is 5.46. The Labute approximate surface area is 115 Å². The molecule has 4 aliphatic rings. The maximum absolute atomic E-state index is 11.8. The highest BCUT2D eigenvalue weighted by Gasteiger charge is 2.54. The van der Waals surface area contributed by atoms with Gasteiger partial charge in [-0.05, 0) is 68.6 Å². The molecule has 0 aromatic rings. The van der Waals surface area contributed by atoms with Crippen LogP contribution >= 0.6 is 0 Å². The lowest BCUT2D eigenvalue weighted by molar-refractivity contribution is -0.125. The Morgan fingerprint density at radius 3 is 2.21 bits per heavy atom. The minimum absolute atomic E-state index is 0.0600. The van der Waals surface area contributed by atoms with Crippen LogP contribution in [-0.4, -0.2) is 12.5 Å². The summed E-state index contributed by atoms with van der Waals surface area (Å²) in [4.78, 5) is 11.8. The number of rotatable bonds is 4. The van der Waals surface area contributed by atoms with Gasteiger partial charge in [-0.15, -0.1) is 0 Å². The lowest BCUT2D eigenvalue weighted by Crippen LogP contribution is -2.50. The van der Waals surface area contributed by atoms with Crippen LogP contribution in [0.5, 0.6) is 0 Å². The molecule has 0 aromatic heterocycles. The minimum Gasteiger partial charge on any atom is -0.356 e. The number of hydrogen-bond donors (Lipinski definition) is 1. The van der Waals surface area contributed by atoms with Crippen LogP contribution in [0.1, 0.15) is 51.9 Å². The van der Waals surface area contributed by atoms with E-state index in [1.807, 2.05) is 6.92 Å². The molecule has 4 bridgehead atoms. The van der Waals surface area contributed by atoms with Gasteiger partial charge in [0.05, 0.1) is 12.0 Å². The molecule has 0 radical (unpaired) electrons. The molecule has 0 spiro atoms. The molecule has 1 N–H and O–H groups in total. The van der Waals surface area contributed by atoms with Gasteiger partial charge in [0.1, 0.15) is 0 Å². The van der Waals surface area contributed by atoms with Gasteiger partial charge < -0.3 is 5.32 Å². The van der Waals surface area contributed by atoms with Crippen molar-refractivity contribution < 1.29 is 4.79 Å². The summed E-state index contributed by atoms with van der Waals surface area (Å²) in [5.74, 6) is 2.53. The first-order chi connectivity index (χ1) is 9.15. The van der Waals surface area contributed by atoms with Gasteiger partial charge in [-0.3, -0.25) is 4.79 Å². The summed E-state index contributed by atoms with van der Waals surface area (Å²) in [7, 11) is 0. The molecule has 3 heteroatoms. The van der Waals surface area contributed by atoms with Crippen molar-refractivity contribution in [1.29, 1.82) is 5.26 Å². The summed E-state index contributed by atoms with van der Waals surface area (Å²) < 4.78 is 0. The van der Waals surface area contributed by atoms with Crippen LogP contribution in [-0.2, 0) is 4.79 Å². The number of nitrogens with one attached hydrogen (secondary N) is 1. The molecule has 3 nitrogen and oxygen atoms in total. The fraction of sp³-hybridized carbons (Fsp3) is 0.875. The SMILES string of the molecule is CCNC(=O)CC(C#N)C12CC3CC(CC(C3)C1)C2. The highest BCUT2D eigenvalue weighted by molar-refractivity contribution is 5.76. The second-order valence-corrected chi connectivity index (χ2v) is 7.12. The first-order valence-electron chi connectivity index (χ1n) is 7.81. The van der Waals surface area contributed by atoms with Gasteiger partial charge in [-0.1, -0.05) is 0 Å². The molecule has 0 aliphatic heterocycles. The van der Waals surface area contributed by atoms with Crippen LogP contribution in [0.4, 0.5) is 0 Å². The van der Waals surface area contributed by atoms with E-state index < -0.39 is 0 Å². The number of hydrogen-bond acceptors (Lipinski definition) is 2. The van der Waals surface area contributed by atoms with E-state index in [2.05, 4.69) is 11.4 Å². The maximum Gasteiger partial charge on any atom is 0.221 e. The summed E-state index contributed by atoms with van der Waals surface area (Å²) >= 11 is 0. The molecular formula is C16H24N2O. The Bertz CT molecular complexity index is 374. The molecule has 1 atom stereocenters. The van der Waals surface area contributed by atoms with E-state index in [9.17, 15) is 10.1 Å². The van der Waals surface area contributed by atoms with Crippen molar-refractivity contribution in [1.82, 2.24) is 5.32 Å². The monoisotopic (exact) mass is 260 g/mol. The van der Waals surface area contributed by atoms with E-state index in [4.69, 9.17) is 0 Å². The molecule has 0 heterocycles. The van der Waals surface area contributed by atoms with Crippen LogP contribution in [0.3, 0.4) is 0 Å². The summed E-state index contributed by atoms with van der Waals surface area (Å²) in [5, 5.41) is 12.4. The average molecular weight is 260 g/mol. The average Bonchev–Trinajstić information content (AvgIpc) is 2.34. The summed E-state index contributed by atoms with van der Waals surface area (Å²) in [6, 6.07) is 2.49. The first-order valence-corrected chi connectivity index (χ1v) is 7.81. The van der Waals surface area contributed by atoms with Crippen molar-refractivity contribution in [2.45, 2.75) is 51.9 Å². The highest BCUT2D eigenvalue weighted by Crippen LogP contribution is 2.63. The second kappa shape index (κ2) is 4.81. The van der Waals surface area contributed by atoms with Gasteiger partial charge in [-0.25, -0.2) is 0 Å². The maximum atomic E-state index is 11.8. The van der Waals surface area contributed by atoms with Gasteiger partial charge in [0.2, 0.25) is 5.91 Å². The fourth-order valence-electron chi connectivity index (χ4n) is 5.46. The predicted octanol–water partition coefficient (Wildman–Crippen LogP) is 2.87. The van der Waals surface area contributed by atoms with Gasteiger partial charge in [-0.2, -0.15) is 5.26 Å². The van der Waals surface area contributed by atoms with Crippen molar-refractivity contribution in [3.63, 3.8) is 0 Å². The lowest BCUT2D eigenvalue weighted by Gasteiger charge is -2.58. The normalized spacial score (nSPS) is 40.7. The highest BCUT2D eigenvalue weighted by atomic mass is 16.1. The first kappa shape index (κ1) is 13.0. The van der Waals surface area contributed by atoms with Gasteiger partial charge >= 0.3 is 0 Å². The summed E-state index contributed by atoms with van der Waals surface area (Å²) in [5.41, 5.74) is 0.175. The van der Waals surface area contributed by atoms with E-state index in [-0.39, 0.29) is 17.2 Å². The van der Waals surface area contributed by atoms with Crippen LogP contribution in [0.2, 0.25) is 0 Å². The molecule has 4 saturated carbocycles. The van der Waals surface area contributed by atoms with Crippen molar-refractivity contribution >= 4 is 5.91 Å². The third-order valence-electron chi connectivity index (χ3n) is 5.74. The third-order valence-corrected chi connectivity index (χ3v) is 5.74. The molecule has 1 amide bonds. The van der Waals surface area contributed by atoms with Crippen molar-refractivity contribution in [3.05, 3.63) is 0 Å². The Morgan fingerprint density at radius 2 is 1.79 bits per heavy atom. The topological polar surface area (TPSA) is 52.9 Å². The molecule has 1 unspecified atom stereocenters. The van der Waals surface area contributed by atoms with Gasteiger partial charge in [0.25, 0.3) is 0 Å². The standard InChI is InChI=1S/C16H24N2O/c1-2-18-15(19)6-14(10-17)16-7-11-3-12(8-16)5-13(4-11)9-16/h11-14H,2-9H2,1H3,(H,18,19). The number of carbonyl (C=O) groups excluding carboxylic acids is 1. The Balaban J connectivity index is 1.75. The van der Waals surface area contributed by atoms with E-state index >= 15 is 0 Å². The molecule has 4 fully saturated rings. The molecule has 19 heavy (non-hydrogen) atoms. The van der Waals surface area contributed by atoms with Gasteiger partial charge in [0.15, 0.2) is 0 Å². The zero-order valence-electron chi connectivity index (χ0n) is 11.8. The second-order valence-electron chi connectivity index (χ2n) is 7.12. The van der Waals surface area contributed by atoms with Crippen LogP contribution < -0.4 is 5.32 Å². The molecule has 4 aliphatic carbocycles. The summed E-state index contributed by atoms with van der Waals surface area (Å²) in [6.07, 6.45) is 8.19. The number of nitrogens with zero attached hydrogens (tertiary/aromatic N) is 1. The Morgan fingerprint density at radius 1 is 1.26 bits per heavy atom. The number of nitriles is 1. The zero-order chi connectivity index (χ0) is 13.5. The molecule has 104 valence electrons. The van der Waals surface area contributed by atoms with E-state index in [1.165, 1.54) is 38.5 Å². The Kier molecular flexibility index (Phi) is 3.28. The quantitative estimate of drug-likeness (QED) is 0.845. The van der Waals surface area contributed by atoms with Crippen LogP contribution in [0, 0.1) is 40.4 Å². The van der Waals surface area contributed by atoms with Crippen molar-refractivity contribution in [3.8, 4) is 6.07 Å². The predicted molar refractivity (Wildman–Crippen MR) is 73.0 cm³/mol. The zero-order valence-corrected chi connectivity index (χ0v) is 11.8. The van der Waals surface area contributed by atoms with Crippen LogP contribution in [0.25, 0.3) is 0 Å². The van der Waals surface area contributed by atoms with Crippen LogP contribution in [0.15, 0.2) is 0 Å². The largest absolute Gasteiger partial charge is 0.356 e. The smallest absolute Gasteiger partial charge is 0.221 e. The molecule has 0 aromatic carbocycles. The molecule has 0 saturated heterocycles. The number of carbonyl (C=O) groups is 1. The minimum atomic E-state index is -0.0625. The van der Waals surface area contributed by atoms with Crippen molar-refractivity contribution in [2.75, 3.05) is 6.54 Å². The van der Waals surface area contributed by atoms with E-state index in [1.54, 1.807) is 0 Å². The summed E-state index contributed by atoms with van der Waals surface area (Å²) in [6.45, 7) is 2.60. The number of amides is 1. The van der Waals surface area contributed by atoms with Gasteiger partial charge in [0, 0.05) is 13.0 Å².